The maximum atomic E-state index is 12.2. The number of rotatable bonds is 4. The van der Waals surface area contributed by atoms with E-state index in [1.54, 1.807) is 24.0 Å². The van der Waals surface area contributed by atoms with Gasteiger partial charge in [-0.25, -0.2) is 14.3 Å². The van der Waals surface area contributed by atoms with E-state index in [0.717, 1.165) is 23.4 Å². The van der Waals surface area contributed by atoms with Gasteiger partial charge in [0.1, 0.15) is 5.75 Å². The summed E-state index contributed by atoms with van der Waals surface area (Å²) in [6.07, 6.45) is 5.80. The molecule has 1 aromatic carbocycles. The number of H-pyrrole nitrogens is 2. The predicted octanol–water partition coefficient (Wildman–Crippen LogP) is 2.05. The second kappa shape index (κ2) is 6.19. The van der Waals surface area contributed by atoms with Gasteiger partial charge in [0.15, 0.2) is 5.65 Å². The molecule has 0 spiro atoms. The summed E-state index contributed by atoms with van der Waals surface area (Å²) >= 11 is 0. The van der Waals surface area contributed by atoms with Gasteiger partial charge < -0.3 is 9.72 Å². The zero-order valence-corrected chi connectivity index (χ0v) is 15.0. The highest BCUT2D eigenvalue weighted by Crippen LogP contribution is 2.57. The van der Waals surface area contributed by atoms with Gasteiger partial charge >= 0.3 is 5.69 Å². The minimum atomic E-state index is -0.545. The Labute approximate surface area is 158 Å². The van der Waals surface area contributed by atoms with E-state index in [1.165, 1.54) is 11.8 Å². The van der Waals surface area contributed by atoms with Crippen LogP contribution in [0.2, 0.25) is 0 Å². The first-order valence-corrected chi connectivity index (χ1v) is 8.95. The van der Waals surface area contributed by atoms with Crippen LogP contribution in [-0.4, -0.2) is 31.7 Å². The molecular weight excluding hydrogens is 358 g/mol. The number of hydrogen-bond donors (Lipinski definition) is 2. The van der Waals surface area contributed by atoms with Gasteiger partial charge in [0.05, 0.1) is 18.4 Å². The van der Waals surface area contributed by atoms with Gasteiger partial charge in [0.25, 0.3) is 5.56 Å². The number of fused-ring (bicyclic) bond motifs is 1. The molecule has 4 aromatic rings. The molecule has 1 aliphatic rings. The second-order valence-electron chi connectivity index (χ2n) is 6.86. The summed E-state index contributed by atoms with van der Waals surface area (Å²) in [4.78, 5) is 32.8. The molecule has 8 heteroatoms. The molecule has 1 aliphatic carbocycles. The molecule has 0 unspecified atom stereocenters. The molecule has 5 rings (SSSR count). The number of aromatic nitrogens is 5. The summed E-state index contributed by atoms with van der Waals surface area (Å²) in [6, 6.07) is 9.91. The third-order valence-corrected chi connectivity index (χ3v) is 5.21. The van der Waals surface area contributed by atoms with E-state index in [-0.39, 0.29) is 5.92 Å². The summed E-state index contributed by atoms with van der Waals surface area (Å²) < 4.78 is 7.18. The molecule has 0 bridgehead atoms. The third-order valence-electron chi connectivity index (χ3n) is 5.21. The van der Waals surface area contributed by atoms with Crippen LogP contribution in [0.1, 0.15) is 29.4 Å². The van der Waals surface area contributed by atoms with Crippen molar-refractivity contribution in [3.05, 3.63) is 80.9 Å². The minimum absolute atomic E-state index is 0.254. The Morgan fingerprint density at radius 1 is 1.18 bits per heavy atom. The Balaban J connectivity index is 1.61. The largest absolute Gasteiger partial charge is 0.496 e. The standard InChI is InChI=1S/C20H17N5O3/c1-28-17-5-3-2-4-11(17)12-8-13(12)14-9-16(24-25-7-6-21-18(14)25)15-10-22-20(27)23-19(15)26/h2-7,9-10,12-13H,8H2,1H3,(H2,22,23,26,27)/t12-,13+/m0/s1. The number of para-hydroxylation sites is 1. The van der Waals surface area contributed by atoms with Crippen LogP contribution < -0.4 is 16.0 Å². The molecule has 0 radical (unpaired) electrons. The van der Waals surface area contributed by atoms with Gasteiger partial charge in [-0.05, 0) is 36.0 Å². The molecule has 0 saturated heterocycles. The first-order valence-electron chi connectivity index (χ1n) is 8.95. The summed E-state index contributed by atoms with van der Waals surface area (Å²) in [5.74, 6) is 1.45. The van der Waals surface area contributed by atoms with Crippen molar-refractivity contribution in [2.24, 2.45) is 0 Å². The summed E-state index contributed by atoms with van der Waals surface area (Å²) in [7, 11) is 1.68. The predicted molar refractivity (Wildman–Crippen MR) is 103 cm³/mol. The fourth-order valence-corrected chi connectivity index (χ4v) is 3.80. The summed E-state index contributed by atoms with van der Waals surface area (Å²) in [5, 5.41) is 4.49. The van der Waals surface area contributed by atoms with E-state index < -0.39 is 11.2 Å². The molecule has 1 saturated carbocycles. The highest BCUT2D eigenvalue weighted by molar-refractivity contribution is 5.64. The number of methoxy groups -OCH3 is 1. The molecule has 0 aliphatic heterocycles. The molecule has 3 aromatic heterocycles. The maximum Gasteiger partial charge on any atom is 0.325 e. The van der Waals surface area contributed by atoms with Crippen LogP contribution in [0.3, 0.4) is 0 Å². The van der Waals surface area contributed by atoms with Crippen molar-refractivity contribution >= 4 is 5.65 Å². The number of nitrogens with zero attached hydrogens (tertiary/aromatic N) is 3. The van der Waals surface area contributed by atoms with Crippen molar-refractivity contribution < 1.29 is 4.74 Å². The van der Waals surface area contributed by atoms with Crippen LogP contribution in [0.25, 0.3) is 16.9 Å². The zero-order valence-electron chi connectivity index (χ0n) is 15.0. The van der Waals surface area contributed by atoms with Crippen LogP contribution in [0, 0.1) is 0 Å². The van der Waals surface area contributed by atoms with E-state index in [9.17, 15) is 9.59 Å². The van der Waals surface area contributed by atoms with Crippen LogP contribution in [-0.2, 0) is 0 Å². The normalized spacial score (nSPS) is 18.3. The molecule has 0 amide bonds. The van der Waals surface area contributed by atoms with Crippen molar-refractivity contribution in [1.29, 1.82) is 0 Å². The van der Waals surface area contributed by atoms with Crippen molar-refractivity contribution in [3.8, 4) is 17.0 Å². The zero-order chi connectivity index (χ0) is 19.3. The minimum Gasteiger partial charge on any atom is -0.496 e. The summed E-state index contributed by atoms with van der Waals surface area (Å²) in [6.45, 7) is 0. The molecule has 3 heterocycles. The van der Waals surface area contributed by atoms with E-state index in [0.29, 0.717) is 17.2 Å². The van der Waals surface area contributed by atoms with Gasteiger partial charge in [-0.15, -0.1) is 0 Å². The van der Waals surface area contributed by atoms with Gasteiger partial charge in [-0.2, -0.15) is 5.10 Å². The average molecular weight is 375 g/mol. The van der Waals surface area contributed by atoms with Crippen LogP contribution in [0.5, 0.6) is 5.75 Å². The number of ether oxygens (including phenoxy) is 1. The smallest absolute Gasteiger partial charge is 0.325 e. The monoisotopic (exact) mass is 375 g/mol. The highest BCUT2D eigenvalue weighted by atomic mass is 16.5. The molecule has 1 fully saturated rings. The molecule has 2 atom stereocenters. The van der Waals surface area contributed by atoms with Crippen LogP contribution in [0.4, 0.5) is 0 Å². The number of aromatic amines is 2. The molecule has 28 heavy (non-hydrogen) atoms. The Morgan fingerprint density at radius 3 is 2.82 bits per heavy atom. The van der Waals surface area contributed by atoms with Crippen molar-refractivity contribution in [2.45, 2.75) is 18.3 Å². The number of benzene rings is 1. The average Bonchev–Trinajstić information content (AvgIpc) is 3.35. The Hall–Kier alpha value is -3.68. The highest BCUT2D eigenvalue weighted by Gasteiger charge is 2.42. The van der Waals surface area contributed by atoms with Gasteiger partial charge in [-0.3, -0.25) is 9.78 Å². The number of nitrogens with one attached hydrogen (secondary N) is 2. The second-order valence-corrected chi connectivity index (χ2v) is 6.86. The molecular formula is C20H17N5O3. The van der Waals surface area contributed by atoms with E-state index in [1.807, 2.05) is 24.3 Å². The van der Waals surface area contributed by atoms with E-state index in [4.69, 9.17) is 4.74 Å². The number of imidazole rings is 1. The van der Waals surface area contributed by atoms with E-state index in [2.05, 4.69) is 26.1 Å². The topological polar surface area (TPSA) is 105 Å². The van der Waals surface area contributed by atoms with Crippen LogP contribution >= 0.6 is 0 Å². The lowest BCUT2D eigenvalue weighted by molar-refractivity contribution is 0.409. The fraction of sp³-hybridized carbons (Fsp3) is 0.200. The lowest BCUT2D eigenvalue weighted by Crippen LogP contribution is -2.23. The summed E-state index contributed by atoms with van der Waals surface area (Å²) in [5.41, 5.74) is 2.74. The SMILES string of the molecule is COc1ccccc1[C@@H]1C[C@H]1c1cc(-c2c[nH]c(=O)[nH]c2=O)nn2ccnc12. The molecule has 140 valence electrons. The molecule has 2 N–H and O–H groups in total. The van der Waals surface area contributed by atoms with Crippen LogP contribution in [0.15, 0.2) is 58.5 Å². The first-order chi connectivity index (χ1) is 13.7. The van der Waals surface area contributed by atoms with Crippen molar-refractivity contribution in [1.82, 2.24) is 24.6 Å². The number of hydrogen-bond acceptors (Lipinski definition) is 5. The fourth-order valence-electron chi connectivity index (χ4n) is 3.80. The van der Waals surface area contributed by atoms with Gasteiger partial charge in [0.2, 0.25) is 0 Å². The maximum absolute atomic E-state index is 12.2. The van der Waals surface area contributed by atoms with Crippen molar-refractivity contribution in [3.63, 3.8) is 0 Å². The Morgan fingerprint density at radius 2 is 2.00 bits per heavy atom. The lowest BCUT2D eigenvalue weighted by atomic mass is 10.0. The first kappa shape index (κ1) is 16.5. The van der Waals surface area contributed by atoms with Gasteiger partial charge in [0, 0.05) is 24.2 Å². The quantitative estimate of drug-likeness (QED) is 0.568. The van der Waals surface area contributed by atoms with Gasteiger partial charge in [-0.1, -0.05) is 18.2 Å². The van der Waals surface area contributed by atoms with Crippen molar-refractivity contribution in [2.75, 3.05) is 7.11 Å². The lowest BCUT2D eigenvalue weighted by Gasteiger charge is -2.09. The Bertz CT molecular complexity index is 1300. The van der Waals surface area contributed by atoms with E-state index >= 15 is 0 Å². The third kappa shape index (κ3) is 2.61. The molecule has 8 nitrogen and oxygen atoms in total. The Kier molecular flexibility index (Phi) is 3.65.